The van der Waals surface area contributed by atoms with Crippen molar-refractivity contribution >= 4 is 16.7 Å². The van der Waals surface area contributed by atoms with Gasteiger partial charge in [0, 0.05) is 22.4 Å². The van der Waals surface area contributed by atoms with E-state index in [0.717, 1.165) is 27.8 Å². The Hall–Kier alpha value is -2.81. The summed E-state index contributed by atoms with van der Waals surface area (Å²) in [5, 5.41) is 1.05. The zero-order chi connectivity index (χ0) is 20.8. The van der Waals surface area contributed by atoms with Gasteiger partial charge in [-0.05, 0) is 22.6 Å². The molecule has 0 saturated heterocycles. The van der Waals surface area contributed by atoms with Crippen molar-refractivity contribution in [1.82, 2.24) is 4.57 Å². The molecule has 0 radical (unpaired) electrons. The molecule has 0 atom stereocenters. The fourth-order valence-electron chi connectivity index (χ4n) is 4.72. The number of nitrogens with zero attached hydrogens (tertiary/aromatic N) is 1. The molecule has 0 bridgehead atoms. The van der Waals surface area contributed by atoms with Crippen LogP contribution in [-0.2, 0) is 11.3 Å². The van der Waals surface area contributed by atoms with Gasteiger partial charge in [-0.25, -0.2) is 0 Å². The van der Waals surface area contributed by atoms with Crippen LogP contribution in [0.3, 0.4) is 0 Å². The van der Waals surface area contributed by atoms with E-state index in [4.69, 9.17) is 4.74 Å². The summed E-state index contributed by atoms with van der Waals surface area (Å²) in [6.45, 7) is 12.3. The fourth-order valence-corrected chi connectivity index (χ4v) is 4.72. The average molecular weight is 388 g/mol. The summed E-state index contributed by atoms with van der Waals surface area (Å²) in [6.07, 6.45) is 0. The molecule has 3 nitrogen and oxygen atoms in total. The minimum absolute atomic E-state index is 0.00313. The second-order valence-corrected chi connectivity index (χ2v) is 9.61. The zero-order valence-electron chi connectivity index (χ0n) is 18.0. The van der Waals surface area contributed by atoms with Gasteiger partial charge in [-0.1, -0.05) is 83.1 Å². The highest BCUT2D eigenvalue weighted by atomic mass is 16.5. The Bertz CT molecular complexity index is 1140. The van der Waals surface area contributed by atoms with Gasteiger partial charge in [-0.15, -0.1) is 0 Å². The van der Waals surface area contributed by atoms with Crippen LogP contribution in [0.25, 0.3) is 16.7 Å². The van der Waals surface area contributed by atoms with E-state index < -0.39 is 0 Å². The molecule has 1 aliphatic rings. The number of para-hydroxylation sites is 1. The molecule has 0 N–H and O–H groups in total. The number of hydrogen-bond acceptors (Lipinski definition) is 2. The highest BCUT2D eigenvalue weighted by Crippen LogP contribution is 2.50. The normalized spacial score (nSPS) is 16.3. The predicted octanol–water partition coefficient (Wildman–Crippen LogP) is 5.86. The monoisotopic (exact) mass is 387 g/mol. The van der Waals surface area contributed by atoms with Gasteiger partial charge in [0.15, 0.2) is 0 Å². The summed E-state index contributed by atoms with van der Waals surface area (Å²) >= 11 is 0. The van der Waals surface area contributed by atoms with Crippen LogP contribution >= 0.6 is 0 Å². The van der Waals surface area contributed by atoms with Crippen LogP contribution in [0.4, 0.5) is 0 Å². The van der Waals surface area contributed by atoms with Crippen molar-refractivity contribution in [2.75, 3.05) is 6.61 Å². The van der Waals surface area contributed by atoms with Crippen LogP contribution in [0.15, 0.2) is 71.0 Å². The van der Waals surface area contributed by atoms with Gasteiger partial charge in [0.05, 0.1) is 18.7 Å². The Kier molecular flexibility index (Phi) is 4.65. The summed E-state index contributed by atoms with van der Waals surface area (Å²) in [6, 6.07) is 20.0. The maximum Gasteiger partial charge on any atom is 0.252 e. The van der Waals surface area contributed by atoms with Crippen molar-refractivity contribution < 1.29 is 4.74 Å². The zero-order valence-corrected chi connectivity index (χ0v) is 18.0. The topological polar surface area (TPSA) is 31.2 Å². The summed E-state index contributed by atoms with van der Waals surface area (Å²) in [4.78, 5) is 13.2. The molecule has 0 saturated carbocycles. The summed E-state index contributed by atoms with van der Waals surface area (Å²) in [5.74, 6) is 0.877. The van der Waals surface area contributed by atoms with Gasteiger partial charge < -0.3 is 9.30 Å². The minimum atomic E-state index is -0.0619. The molecule has 3 aromatic rings. The minimum Gasteiger partial charge on any atom is -0.492 e. The molecule has 0 amide bonds. The van der Waals surface area contributed by atoms with Gasteiger partial charge in [0.1, 0.15) is 5.76 Å². The van der Waals surface area contributed by atoms with E-state index in [2.05, 4.69) is 52.8 Å². The largest absolute Gasteiger partial charge is 0.492 e. The van der Waals surface area contributed by atoms with Crippen LogP contribution in [0, 0.1) is 10.8 Å². The van der Waals surface area contributed by atoms with Crippen molar-refractivity contribution in [2.24, 2.45) is 10.8 Å². The third-order valence-electron chi connectivity index (χ3n) is 5.68. The van der Waals surface area contributed by atoms with E-state index in [9.17, 15) is 4.79 Å². The van der Waals surface area contributed by atoms with Crippen molar-refractivity contribution in [2.45, 2.75) is 41.2 Å². The smallest absolute Gasteiger partial charge is 0.252 e. The molecule has 0 spiro atoms. The lowest BCUT2D eigenvalue weighted by molar-refractivity contribution is 0.213. The van der Waals surface area contributed by atoms with Crippen molar-refractivity contribution in [1.29, 1.82) is 0 Å². The lowest BCUT2D eigenvalue weighted by atomic mass is 9.71. The standard InChI is InChI=1S/C26H29NO2/c1-25(2,3)24-23(29-17-26(24,4)5)20-15-22(28)27(16-18-11-7-6-8-12-18)21-14-10-9-13-19(20)21/h6-15H,16-17H2,1-5H3. The van der Waals surface area contributed by atoms with Crippen LogP contribution in [0.2, 0.25) is 0 Å². The Morgan fingerprint density at radius 3 is 2.34 bits per heavy atom. The second kappa shape index (κ2) is 6.91. The Morgan fingerprint density at radius 2 is 1.66 bits per heavy atom. The Labute approximate surface area is 172 Å². The SMILES string of the molecule is CC(C)(C)C1=C(c2cc(=O)n(Cc3ccccc3)c3ccccc23)OCC1(C)C. The van der Waals surface area contributed by atoms with Crippen LogP contribution in [0.5, 0.6) is 0 Å². The summed E-state index contributed by atoms with van der Waals surface area (Å²) in [5.41, 5.74) is 4.12. The van der Waals surface area contributed by atoms with Crippen LogP contribution in [-0.4, -0.2) is 11.2 Å². The van der Waals surface area contributed by atoms with E-state index in [-0.39, 0.29) is 16.4 Å². The number of ether oxygens (including phenoxy) is 1. The highest BCUT2D eigenvalue weighted by Gasteiger charge is 2.41. The number of pyridine rings is 1. The number of hydrogen-bond donors (Lipinski definition) is 0. The first-order chi connectivity index (χ1) is 13.7. The molecular formula is C26H29NO2. The molecule has 2 heterocycles. The molecule has 4 rings (SSSR count). The van der Waals surface area contributed by atoms with Gasteiger partial charge in [-0.2, -0.15) is 0 Å². The van der Waals surface area contributed by atoms with Crippen molar-refractivity contribution in [3.8, 4) is 0 Å². The fraction of sp³-hybridized carbons (Fsp3) is 0.346. The van der Waals surface area contributed by atoms with Crippen LogP contribution < -0.4 is 5.56 Å². The van der Waals surface area contributed by atoms with Gasteiger partial charge >= 0.3 is 0 Å². The third-order valence-corrected chi connectivity index (χ3v) is 5.68. The summed E-state index contributed by atoms with van der Waals surface area (Å²) < 4.78 is 8.10. The number of fused-ring (bicyclic) bond motifs is 1. The van der Waals surface area contributed by atoms with E-state index in [0.29, 0.717) is 13.2 Å². The first-order valence-corrected chi connectivity index (χ1v) is 10.2. The van der Waals surface area contributed by atoms with Crippen LogP contribution in [0.1, 0.15) is 45.7 Å². The van der Waals surface area contributed by atoms with Gasteiger partial charge in [0.25, 0.3) is 5.56 Å². The van der Waals surface area contributed by atoms with E-state index in [1.807, 2.05) is 41.0 Å². The molecule has 0 unspecified atom stereocenters. The molecule has 1 aliphatic heterocycles. The van der Waals surface area contributed by atoms with E-state index >= 15 is 0 Å². The van der Waals surface area contributed by atoms with E-state index in [1.165, 1.54) is 5.57 Å². The Morgan fingerprint density at radius 1 is 1.00 bits per heavy atom. The molecule has 1 aromatic heterocycles. The summed E-state index contributed by atoms with van der Waals surface area (Å²) in [7, 11) is 0. The van der Waals surface area contributed by atoms with Crippen molar-refractivity contribution in [3.63, 3.8) is 0 Å². The molecule has 3 heteroatoms. The lowest BCUT2D eigenvalue weighted by Gasteiger charge is -2.31. The first-order valence-electron chi connectivity index (χ1n) is 10.2. The maximum atomic E-state index is 13.2. The first kappa shape index (κ1) is 19.5. The van der Waals surface area contributed by atoms with Crippen molar-refractivity contribution in [3.05, 3.63) is 87.7 Å². The van der Waals surface area contributed by atoms with Gasteiger partial charge in [-0.3, -0.25) is 4.79 Å². The average Bonchev–Trinajstić information content (AvgIpc) is 3.00. The predicted molar refractivity (Wildman–Crippen MR) is 120 cm³/mol. The third kappa shape index (κ3) is 3.50. The van der Waals surface area contributed by atoms with Gasteiger partial charge in [0.2, 0.25) is 0 Å². The number of aromatic nitrogens is 1. The molecule has 0 fully saturated rings. The molecule has 29 heavy (non-hydrogen) atoms. The molecule has 150 valence electrons. The lowest BCUT2D eigenvalue weighted by Crippen LogP contribution is -2.25. The molecular weight excluding hydrogens is 358 g/mol. The van der Waals surface area contributed by atoms with E-state index in [1.54, 1.807) is 6.07 Å². The Balaban J connectivity index is 1.97. The number of benzene rings is 2. The second-order valence-electron chi connectivity index (χ2n) is 9.61. The maximum absolute atomic E-state index is 13.2. The molecule has 2 aromatic carbocycles. The molecule has 0 aliphatic carbocycles. The quantitative estimate of drug-likeness (QED) is 0.563. The highest BCUT2D eigenvalue weighted by molar-refractivity contribution is 5.91. The number of rotatable bonds is 3.